The maximum absolute atomic E-state index is 14.8. The van der Waals surface area contributed by atoms with E-state index in [0.717, 1.165) is 16.7 Å². The van der Waals surface area contributed by atoms with Gasteiger partial charge in [0.1, 0.15) is 5.82 Å². The molecule has 0 saturated heterocycles. The summed E-state index contributed by atoms with van der Waals surface area (Å²) in [5.41, 5.74) is 1.32. The van der Waals surface area contributed by atoms with E-state index in [4.69, 9.17) is 0 Å². The Balaban J connectivity index is 2.02. The number of likely N-dealkylation sites (N-methyl/N-ethyl adjacent to an activating group) is 1. The van der Waals surface area contributed by atoms with Crippen molar-refractivity contribution in [3.05, 3.63) is 76.3 Å². The van der Waals surface area contributed by atoms with Crippen molar-refractivity contribution >= 4 is 23.2 Å². The summed E-state index contributed by atoms with van der Waals surface area (Å²) in [5.74, 6) is -1.95. The van der Waals surface area contributed by atoms with Gasteiger partial charge in [0, 0.05) is 29.3 Å². The van der Waals surface area contributed by atoms with Crippen molar-refractivity contribution in [2.24, 2.45) is 5.41 Å². The quantitative estimate of drug-likeness (QED) is 0.634. The summed E-state index contributed by atoms with van der Waals surface area (Å²) >= 11 is 0. The lowest BCUT2D eigenvalue weighted by Crippen LogP contribution is -2.36. The van der Waals surface area contributed by atoms with E-state index >= 15 is 0 Å². The molecule has 6 heteroatoms. The molecule has 2 amide bonds. The molecule has 5 nitrogen and oxygen atoms in total. The summed E-state index contributed by atoms with van der Waals surface area (Å²) in [6, 6.07) is 3.82. The van der Waals surface area contributed by atoms with E-state index in [1.54, 1.807) is 0 Å². The van der Waals surface area contributed by atoms with Crippen LogP contribution in [0.15, 0.2) is 59.3 Å². The van der Waals surface area contributed by atoms with Crippen molar-refractivity contribution in [3.8, 4) is 0 Å². The van der Waals surface area contributed by atoms with E-state index in [-0.39, 0.29) is 34.1 Å². The second-order valence-electron chi connectivity index (χ2n) is 7.82. The van der Waals surface area contributed by atoms with Crippen LogP contribution in [0.5, 0.6) is 0 Å². The van der Waals surface area contributed by atoms with Gasteiger partial charge in [-0.1, -0.05) is 24.3 Å². The van der Waals surface area contributed by atoms with Crippen molar-refractivity contribution in [1.82, 2.24) is 10.2 Å². The second kappa shape index (κ2) is 6.37. The van der Waals surface area contributed by atoms with E-state index in [9.17, 15) is 18.8 Å². The van der Waals surface area contributed by atoms with Crippen molar-refractivity contribution < 1.29 is 18.8 Å². The number of imide groups is 1. The van der Waals surface area contributed by atoms with Crippen LogP contribution in [-0.4, -0.2) is 35.6 Å². The SMILES string of the molecule is CC(=O)c1ccc(F)c(C2=C(C3=C(C)NC4C=CC=CC34C)C(=O)N(C)C2=O)c1. The Labute approximate surface area is 168 Å². The van der Waals surface area contributed by atoms with E-state index in [1.807, 2.05) is 38.2 Å². The average molecular weight is 392 g/mol. The predicted molar refractivity (Wildman–Crippen MR) is 107 cm³/mol. The van der Waals surface area contributed by atoms with Gasteiger partial charge in [-0.15, -0.1) is 0 Å². The number of rotatable bonds is 3. The summed E-state index contributed by atoms with van der Waals surface area (Å²) in [4.78, 5) is 39.0. The van der Waals surface area contributed by atoms with Gasteiger partial charge < -0.3 is 5.32 Å². The molecule has 3 aliphatic rings. The number of hydrogen-bond acceptors (Lipinski definition) is 4. The van der Waals surface area contributed by atoms with E-state index in [1.165, 1.54) is 26.1 Å². The lowest BCUT2D eigenvalue weighted by atomic mass is 9.71. The van der Waals surface area contributed by atoms with E-state index in [2.05, 4.69) is 5.32 Å². The topological polar surface area (TPSA) is 66.5 Å². The first-order valence-corrected chi connectivity index (χ1v) is 9.38. The molecule has 0 fully saturated rings. The average Bonchev–Trinajstić information content (AvgIpc) is 3.05. The fourth-order valence-electron chi connectivity index (χ4n) is 4.40. The Morgan fingerprint density at radius 3 is 2.55 bits per heavy atom. The number of fused-ring (bicyclic) bond motifs is 1. The van der Waals surface area contributed by atoms with Crippen molar-refractivity contribution in [3.63, 3.8) is 0 Å². The van der Waals surface area contributed by atoms with Gasteiger partial charge in [-0.25, -0.2) is 4.39 Å². The standard InChI is InChI=1S/C23H21FN2O3/c1-12-20(23(3)10-6-5-7-17(23)25-12)19-18(21(28)26(4)22(19)29)15-11-14(13(2)27)8-9-16(15)24/h5-11,17,25H,1-4H3. The molecule has 1 aromatic carbocycles. The minimum Gasteiger partial charge on any atom is -0.381 e. The number of nitrogens with zero attached hydrogens (tertiary/aromatic N) is 1. The zero-order chi connectivity index (χ0) is 21.1. The molecule has 4 rings (SSSR count). The van der Waals surface area contributed by atoms with Crippen molar-refractivity contribution in [1.29, 1.82) is 0 Å². The number of allylic oxidation sites excluding steroid dienone is 3. The lowest BCUT2D eigenvalue weighted by molar-refractivity contribution is -0.135. The first-order chi connectivity index (χ1) is 13.7. The summed E-state index contributed by atoms with van der Waals surface area (Å²) in [6.45, 7) is 5.21. The molecular formula is C23H21FN2O3. The molecule has 148 valence electrons. The normalized spacial score (nSPS) is 25.8. The van der Waals surface area contributed by atoms with Gasteiger partial charge in [0.05, 0.1) is 17.2 Å². The lowest BCUT2D eigenvalue weighted by Gasteiger charge is -2.31. The van der Waals surface area contributed by atoms with Gasteiger partial charge in [0.15, 0.2) is 5.78 Å². The van der Waals surface area contributed by atoms with Crippen LogP contribution in [0.2, 0.25) is 0 Å². The highest BCUT2D eigenvalue weighted by Crippen LogP contribution is 2.49. The Kier molecular flexibility index (Phi) is 4.19. The highest BCUT2D eigenvalue weighted by Gasteiger charge is 2.49. The molecule has 1 aromatic rings. The Morgan fingerprint density at radius 2 is 1.86 bits per heavy atom. The number of benzene rings is 1. The van der Waals surface area contributed by atoms with Crippen molar-refractivity contribution in [2.45, 2.75) is 26.8 Å². The van der Waals surface area contributed by atoms with Gasteiger partial charge >= 0.3 is 0 Å². The molecule has 2 heterocycles. The molecule has 29 heavy (non-hydrogen) atoms. The number of hydrogen-bond donors (Lipinski definition) is 1. The van der Waals surface area contributed by atoms with Crippen LogP contribution >= 0.6 is 0 Å². The Hall–Kier alpha value is -3.28. The van der Waals surface area contributed by atoms with Gasteiger partial charge in [-0.05, 0) is 44.5 Å². The third kappa shape index (κ3) is 2.63. The van der Waals surface area contributed by atoms with Gasteiger partial charge in [0.2, 0.25) is 0 Å². The largest absolute Gasteiger partial charge is 0.381 e. The van der Waals surface area contributed by atoms with Crippen LogP contribution in [0, 0.1) is 11.2 Å². The summed E-state index contributed by atoms with van der Waals surface area (Å²) in [7, 11) is 1.39. The predicted octanol–water partition coefficient (Wildman–Crippen LogP) is 3.16. The first-order valence-electron chi connectivity index (χ1n) is 9.38. The maximum Gasteiger partial charge on any atom is 0.262 e. The van der Waals surface area contributed by atoms with Crippen LogP contribution < -0.4 is 5.32 Å². The third-order valence-electron chi connectivity index (χ3n) is 5.97. The van der Waals surface area contributed by atoms with Crippen LogP contribution in [-0.2, 0) is 9.59 Å². The number of carbonyl (C=O) groups is 3. The van der Waals surface area contributed by atoms with Crippen LogP contribution in [0.3, 0.4) is 0 Å². The monoisotopic (exact) mass is 392 g/mol. The molecule has 1 aliphatic carbocycles. The number of halogens is 1. The third-order valence-corrected chi connectivity index (χ3v) is 5.97. The van der Waals surface area contributed by atoms with Crippen LogP contribution in [0.25, 0.3) is 5.57 Å². The van der Waals surface area contributed by atoms with E-state index in [0.29, 0.717) is 5.57 Å². The smallest absolute Gasteiger partial charge is 0.262 e. The number of carbonyl (C=O) groups excluding carboxylic acids is 3. The van der Waals surface area contributed by atoms with Gasteiger partial charge in [-0.2, -0.15) is 0 Å². The van der Waals surface area contributed by atoms with E-state index < -0.39 is 23.0 Å². The molecule has 0 aromatic heterocycles. The molecular weight excluding hydrogens is 371 g/mol. The van der Waals surface area contributed by atoms with Crippen LogP contribution in [0.1, 0.15) is 36.7 Å². The highest BCUT2D eigenvalue weighted by molar-refractivity contribution is 6.37. The first kappa shape index (κ1) is 19.1. The highest BCUT2D eigenvalue weighted by atomic mass is 19.1. The molecule has 2 unspecified atom stereocenters. The van der Waals surface area contributed by atoms with Crippen LogP contribution in [0.4, 0.5) is 4.39 Å². The molecule has 0 radical (unpaired) electrons. The molecule has 1 N–H and O–H groups in total. The maximum atomic E-state index is 14.8. The minimum atomic E-state index is -0.649. The second-order valence-corrected chi connectivity index (χ2v) is 7.82. The number of amides is 2. The number of ketones is 1. The van der Waals surface area contributed by atoms with Gasteiger partial charge in [-0.3, -0.25) is 19.3 Å². The molecule has 2 atom stereocenters. The Morgan fingerprint density at radius 1 is 1.17 bits per heavy atom. The molecule has 2 aliphatic heterocycles. The number of nitrogens with one attached hydrogen (secondary N) is 1. The fourth-order valence-corrected chi connectivity index (χ4v) is 4.40. The molecule has 0 bridgehead atoms. The summed E-state index contributed by atoms with van der Waals surface area (Å²) in [6.07, 6.45) is 7.81. The molecule has 0 spiro atoms. The number of Topliss-reactive ketones (excluding diaryl/α,β-unsaturated/α-hetero) is 1. The van der Waals surface area contributed by atoms with Gasteiger partial charge in [0.25, 0.3) is 11.8 Å². The zero-order valence-electron chi connectivity index (χ0n) is 16.7. The summed E-state index contributed by atoms with van der Waals surface area (Å²) in [5, 5.41) is 3.37. The minimum absolute atomic E-state index is 0.000854. The molecule has 0 saturated carbocycles. The Bertz CT molecular complexity index is 1110. The van der Waals surface area contributed by atoms with Crippen molar-refractivity contribution in [2.75, 3.05) is 7.05 Å². The zero-order valence-corrected chi connectivity index (χ0v) is 16.7. The fraction of sp³-hybridized carbons (Fsp3) is 0.261. The summed E-state index contributed by atoms with van der Waals surface area (Å²) < 4.78 is 14.8.